The van der Waals surface area contributed by atoms with Gasteiger partial charge in [0.1, 0.15) is 5.82 Å². The molecule has 0 spiro atoms. The molecule has 0 saturated carbocycles. The zero-order valence-electron chi connectivity index (χ0n) is 11.1. The summed E-state index contributed by atoms with van der Waals surface area (Å²) < 4.78 is 2.06. The molecule has 1 aromatic heterocycles. The summed E-state index contributed by atoms with van der Waals surface area (Å²) in [5, 5.41) is 3.26. The van der Waals surface area contributed by atoms with Crippen LogP contribution in [0.3, 0.4) is 0 Å². The Labute approximate surface area is 113 Å². The molecular weight excluding hydrogens is 242 g/mol. The van der Waals surface area contributed by atoms with E-state index < -0.39 is 0 Å². The minimum absolute atomic E-state index is 0.388. The van der Waals surface area contributed by atoms with Crippen molar-refractivity contribution in [3.05, 3.63) is 48.0 Å². The SMILES string of the molecule is CNC(C)c1cccc(SCc2nccn2C)c1. The highest BCUT2D eigenvalue weighted by atomic mass is 32.2. The van der Waals surface area contributed by atoms with Gasteiger partial charge in [-0.25, -0.2) is 4.98 Å². The molecule has 1 N–H and O–H groups in total. The molecule has 1 atom stereocenters. The molecule has 0 saturated heterocycles. The lowest BCUT2D eigenvalue weighted by Crippen LogP contribution is -2.12. The van der Waals surface area contributed by atoms with Crippen molar-refractivity contribution in [1.29, 1.82) is 0 Å². The first-order valence-corrected chi connectivity index (χ1v) is 7.05. The van der Waals surface area contributed by atoms with E-state index in [-0.39, 0.29) is 0 Å². The lowest BCUT2D eigenvalue weighted by molar-refractivity contribution is 0.651. The molecule has 0 aliphatic heterocycles. The van der Waals surface area contributed by atoms with Crippen LogP contribution in [0.2, 0.25) is 0 Å². The molecule has 96 valence electrons. The van der Waals surface area contributed by atoms with Crippen LogP contribution >= 0.6 is 11.8 Å². The fourth-order valence-electron chi connectivity index (χ4n) is 1.72. The van der Waals surface area contributed by atoms with E-state index in [1.807, 2.05) is 38.3 Å². The zero-order chi connectivity index (χ0) is 13.0. The Morgan fingerprint density at radius 3 is 2.94 bits per heavy atom. The number of imidazole rings is 1. The van der Waals surface area contributed by atoms with Crippen molar-refractivity contribution in [3.63, 3.8) is 0 Å². The molecule has 1 heterocycles. The second-order valence-corrected chi connectivity index (χ2v) is 5.37. The van der Waals surface area contributed by atoms with Crippen LogP contribution in [0.15, 0.2) is 41.6 Å². The van der Waals surface area contributed by atoms with Crippen molar-refractivity contribution in [2.75, 3.05) is 7.05 Å². The number of hydrogen-bond acceptors (Lipinski definition) is 3. The first-order chi connectivity index (χ1) is 8.70. The Kier molecular flexibility index (Phi) is 4.44. The zero-order valence-corrected chi connectivity index (χ0v) is 11.9. The van der Waals surface area contributed by atoms with E-state index >= 15 is 0 Å². The molecule has 0 aliphatic rings. The Hall–Kier alpha value is -1.26. The Morgan fingerprint density at radius 2 is 2.28 bits per heavy atom. The maximum absolute atomic E-state index is 4.33. The summed E-state index contributed by atoms with van der Waals surface area (Å²) in [7, 11) is 4.01. The maximum Gasteiger partial charge on any atom is 0.118 e. The smallest absolute Gasteiger partial charge is 0.118 e. The number of aryl methyl sites for hydroxylation is 1. The third-order valence-corrected chi connectivity index (χ3v) is 4.07. The van der Waals surface area contributed by atoms with E-state index in [4.69, 9.17) is 0 Å². The number of rotatable bonds is 5. The number of benzene rings is 1. The predicted octanol–water partition coefficient (Wildman–Crippen LogP) is 2.99. The summed E-state index contributed by atoms with van der Waals surface area (Å²) in [6, 6.07) is 9.06. The third-order valence-electron chi connectivity index (χ3n) is 3.08. The lowest BCUT2D eigenvalue weighted by Gasteiger charge is -2.11. The van der Waals surface area contributed by atoms with Crippen molar-refractivity contribution in [1.82, 2.24) is 14.9 Å². The molecular formula is C14H19N3S. The topological polar surface area (TPSA) is 29.9 Å². The molecule has 2 aromatic rings. The van der Waals surface area contributed by atoms with E-state index in [9.17, 15) is 0 Å². The van der Waals surface area contributed by atoms with E-state index in [2.05, 4.69) is 46.1 Å². The van der Waals surface area contributed by atoms with Gasteiger partial charge in [0.2, 0.25) is 0 Å². The van der Waals surface area contributed by atoms with Gasteiger partial charge in [-0.15, -0.1) is 11.8 Å². The van der Waals surface area contributed by atoms with Gasteiger partial charge < -0.3 is 9.88 Å². The second kappa shape index (κ2) is 6.07. The van der Waals surface area contributed by atoms with Crippen LogP contribution in [0.5, 0.6) is 0 Å². The molecule has 2 rings (SSSR count). The summed E-state index contributed by atoms with van der Waals surface area (Å²) in [5.41, 5.74) is 1.32. The standard InChI is InChI=1S/C14H19N3S/c1-11(15-2)12-5-4-6-13(9-12)18-10-14-16-7-8-17(14)3/h4-9,11,15H,10H2,1-3H3. The normalized spacial score (nSPS) is 12.6. The van der Waals surface area contributed by atoms with Gasteiger partial charge >= 0.3 is 0 Å². The van der Waals surface area contributed by atoms with Crippen molar-refractivity contribution in [3.8, 4) is 0 Å². The number of hydrogen-bond donors (Lipinski definition) is 1. The highest BCUT2D eigenvalue weighted by Gasteiger charge is 2.05. The molecule has 1 unspecified atom stereocenters. The molecule has 0 bridgehead atoms. The maximum atomic E-state index is 4.33. The third kappa shape index (κ3) is 3.15. The van der Waals surface area contributed by atoms with Crippen molar-refractivity contribution >= 4 is 11.8 Å². The first-order valence-electron chi connectivity index (χ1n) is 6.07. The molecule has 3 nitrogen and oxygen atoms in total. The predicted molar refractivity (Wildman–Crippen MR) is 76.7 cm³/mol. The molecule has 18 heavy (non-hydrogen) atoms. The van der Waals surface area contributed by atoms with Crippen LogP contribution in [0.4, 0.5) is 0 Å². The summed E-state index contributed by atoms with van der Waals surface area (Å²) in [6.45, 7) is 2.17. The molecule has 1 aromatic carbocycles. The summed E-state index contributed by atoms with van der Waals surface area (Å²) in [5.74, 6) is 2.01. The van der Waals surface area contributed by atoms with Crippen LogP contribution in [0.25, 0.3) is 0 Å². The number of nitrogens with zero attached hydrogens (tertiary/aromatic N) is 2. The van der Waals surface area contributed by atoms with Gasteiger partial charge in [-0.3, -0.25) is 0 Å². The van der Waals surface area contributed by atoms with Crippen molar-refractivity contribution in [2.45, 2.75) is 23.6 Å². The van der Waals surface area contributed by atoms with Gasteiger partial charge in [0.25, 0.3) is 0 Å². The lowest BCUT2D eigenvalue weighted by atomic mass is 10.1. The van der Waals surface area contributed by atoms with Crippen molar-refractivity contribution < 1.29 is 0 Å². The van der Waals surface area contributed by atoms with E-state index in [0.717, 1.165) is 11.6 Å². The van der Waals surface area contributed by atoms with Crippen LogP contribution in [-0.4, -0.2) is 16.6 Å². The molecule has 0 aliphatic carbocycles. The Morgan fingerprint density at radius 1 is 1.44 bits per heavy atom. The Bertz CT molecular complexity index is 507. The fraction of sp³-hybridized carbons (Fsp3) is 0.357. The highest BCUT2D eigenvalue weighted by Crippen LogP contribution is 2.24. The van der Waals surface area contributed by atoms with Gasteiger partial charge in [0, 0.05) is 30.4 Å². The second-order valence-electron chi connectivity index (χ2n) is 4.33. The monoisotopic (exact) mass is 261 g/mol. The largest absolute Gasteiger partial charge is 0.337 e. The highest BCUT2D eigenvalue weighted by molar-refractivity contribution is 7.98. The molecule has 0 fully saturated rings. The first kappa shape index (κ1) is 13.2. The summed E-state index contributed by atoms with van der Waals surface area (Å²) in [4.78, 5) is 5.62. The van der Waals surface area contributed by atoms with Crippen LogP contribution in [0.1, 0.15) is 24.4 Å². The molecule has 0 amide bonds. The number of thioether (sulfide) groups is 1. The minimum atomic E-state index is 0.388. The quantitative estimate of drug-likeness (QED) is 0.839. The van der Waals surface area contributed by atoms with E-state index in [0.29, 0.717) is 6.04 Å². The number of aromatic nitrogens is 2. The summed E-state index contributed by atoms with van der Waals surface area (Å²) >= 11 is 1.82. The van der Waals surface area contributed by atoms with Crippen LogP contribution in [0, 0.1) is 0 Å². The minimum Gasteiger partial charge on any atom is -0.337 e. The van der Waals surface area contributed by atoms with Gasteiger partial charge in [-0.2, -0.15) is 0 Å². The van der Waals surface area contributed by atoms with Gasteiger partial charge in [0.05, 0.1) is 5.75 Å². The average molecular weight is 261 g/mol. The average Bonchev–Trinajstić information content (AvgIpc) is 2.81. The summed E-state index contributed by atoms with van der Waals surface area (Å²) in [6.07, 6.45) is 3.82. The number of nitrogens with one attached hydrogen (secondary N) is 1. The Balaban J connectivity index is 2.04. The molecule has 0 radical (unpaired) electrons. The fourth-order valence-corrected chi connectivity index (χ4v) is 2.69. The van der Waals surface area contributed by atoms with E-state index in [1.165, 1.54) is 10.5 Å². The molecule has 4 heteroatoms. The van der Waals surface area contributed by atoms with Gasteiger partial charge in [-0.1, -0.05) is 12.1 Å². The van der Waals surface area contributed by atoms with E-state index in [1.54, 1.807) is 0 Å². The van der Waals surface area contributed by atoms with Crippen LogP contribution < -0.4 is 5.32 Å². The van der Waals surface area contributed by atoms with Gasteiger partial charge in [-0.05, 0) is 31.7 Å². The van der Waals surface area contributed by atoms with Gasteiger partial charge in [0.15, 0.2) is 0 Å². The van der Waals surface area contributed by atoms with Crippen molar-refractivity contribution in [2.24, 2.45) is 7.05 Å². The van der Waals surface area contributed by atoms with Crippen LogP contribution in [-0.2, 0) is 12.8 Å².